The minimum absolute atomic E-state index is 0.138. The summed E-state index contributed by atoms with van der Waals surface area (Å²) in [6.07, 6.45) is 12.5. The smallest absolute Gasteiger partial charge is 0.227 e. The SMILES string of the molecule is O=C(Nc1ccccc1SC1CCCC1)C1CC=CCC1. The van der Waals surface area contributed by atoms with Gasteiger partial charge in [0.1, 0.15) is 0 Å². The molecule has 1 unspecified atom stereocenters. The van der Waals surface area contributed by atoms with Gasteiger partial charge in [-0.3, -0.25) is 4.79 Å². The first-order valence-corrected chi connectivity index (χ1v) is 8.92. The first kappa shape index (κ1) is 14.7. The molecule has 0 spiro atoms. The number of benzene rings is 1. The van der Waals surface area contributed by atoms with Gasteiger partial charge in [0.25, 0.3) is 0 Å². The monoisotopic (exact) mass is 301 g/mol. The molecule has 2 aliphatic rings. The standard InChI is InChI=1S/C18H23NOS/c20-18(14-8-2-1-3-9-14)19-16-12-6-7-13-17(16)21-15-10-4-5-11-15/h1-2,6-7,12-15H,3-5,8-11H2,(H,19,20). The van der Waals surface area contributed by atoms with Gasteiger partial charge in [-0.25, -0.2) is 0 Å². The summed E-state index contributed by atoms with van der Waals surface area (Å²) in [5, 5.41) is 3.88. The minimum Gasteiger partial charge on any atom is -0.325 e. The van der Waals surface area contributed by atoms with E-state index in [2.05, 4.69) is 29.6 Å². The molecule has 0 aliphatic heterocycles. The second kappa shape index (κ2) is 7.17. The van der Waals surface area contributed by atoms with Crippen LogP contribution in [0.4, 0.5) is 5.69 Å². The zero-order valence-corrected chi connectivity index (χ0v) is 13.2. The van der Waals surface area contributed by atoms with Gasteiger partial charge in [0, 0.05) is 16.1 Å². The lowest BCUT2D eigenvalue weighted by molar-refractivity contribution is -0.120. The molecule has 2 aliphatic carbocycles. The van der Waals surface area contributed by atoms with E-state index in [1.54, 1.807) is 0 Å². The van der Waals surface area contributed by atoms with E-state index in [0.29, 0.717) is 0 Å². The molecule has 0 bridgehead atoms. The van der Waals surface area contributed by atoms with Gasteiger partial charge < -0.3 is 5.32 Å². The third-order valence-electron chi connectivity index (χ3n) is 4.38. The van der Waals surface area contributed by atoms with E-state index in [1.807, 2.05) is 23.9 Å². The molecule has 0 saturated heterocycles. The largest absolute Gasteiger partial charge is 0.325 e. The summed E-state index contributed by atoms with van der Waals surface area (Å²) in [6, 6.07) is 8.25. The van der Waals surface area contributed by atoms with Crippen LogP contribution in [0.1, 0.15) is 44.9 Å². The van der Waals surface area contributed by atoms with Gasteiger partial charge in [0.05, 0.1) is 5.69 Å². The number of para-hydroxylation sites is 1. The Labute approximate surface area is 131 Å². The topological polar surface area (TPSA) is 29.1 Å². The summed E-state index contributed by atoms with van der Waals surface area (Å²) in [5.41, 5.74) is 0.994. The van der Waals surface area contributed by atoms with E-state index in [1.165, 1.54) is 30.6 Å². The molecule has 3 heteroatoms. The Kier molecular flexibility index (Phi) is 5.02. The van der Waals surface area contributed by atoms with Gasteiger partial charge in [-0.2, -0.15) is 0 Å². The fourth-order valence-electron chi connectivity index (χ4n) is 3.12. The number of hydrogen-bond donors (Lipinski definition) is 1. The lowest BCUT2D eigenvalue weighted by Crippen LogP contribution is -2.23. The number of rotatable bonds is 4. The first-order valence-electron chi connectivity index (χ1n) is 8.04. The van der Waals surface area contributed by atoms with Crippen molar-refractivity contribution in [1.29, 1.82) is 0 Å². The molecule has 1 aromatic rings. The molecule has 0 radical (unpaired) electrons. The Hall–Kier alpha value is -1.22. The summed E-state index contributed by atoms with van der Waals surface area (Å²) in [6.45, 7) is 0. The van der Waals surface area contributed by atoms with Crippen molar-refractivity contribution in [3.05, 3.63) is 36.4 Å². The van der Waals surface area contributed by atoms with E-state index >= 15 is 0 Å². The highest BCUT2D eigenvalue weighted by atomic mass is 32.2. The molecule has 2 nitrogen and oxygen atoms in total. The van der Waals surface area contributed by atoms with Crippen molar-refractivity contribution in [2.75, 3.05) is 5.32 Å². The number of thioether (sulfide) groups is 1. The van der Waals surface area contributed by atoms with Crippen LogP contribution < -0.4 is 5.32 Å². The highest BCUT2D eigenvalue weighted by Gasteiger charge is 2.21. The predicted molar refractivity (Wildman–Crippen MR) is 89.7 cm³/mol. The molecule has 21 heavy (non-hydrogen) atoms. The quantitative estimate of drug-likeness (QED) is 0.791. The van der Waals surface area contributed by atoms with E-state index in [0.717, 1.165) is 30.2 Å². The van der Waals surface area contributed by atoms with Crippen molar-refractivity contribution in [3.63, 3.8) is 0 Å². The maximum atomic E-state index is 12.4. The fraction of sp³-hybridized carbons (Fsp3) is 0.500. The molecule has 3 rings (SSSR count). The maximum absolute atomic E-state index is 12.4. The highest BCUT2D eigenvalue weighted by molar-refractivity contribution is 8.00. The second-order valence-corrected chi connectivity index (χ2v) is 7.33. The third kappa shape index (κ3) is 3.91. The first-order chi connectivity index (χ1) is 10.3. The van der Waals surface area contributed by atoms with Crippen LogP contribution in [0.25, 0.3) is 0 Å². The number of allylic oxidation sites excluding steroid dienone is 2. The molecule has 1 N–H and O–H groups in total. The molecule has 1 aromatic carbocycles. The minimum atomic E-state index is 0.138. The van der Waals surface area contributed by atoms with Gasteiger partial charge in [-0.1, -0.05) is 37.1 Å². The van der Waals surface area contributed by atoms with Crippen LogP contribution in [0, 0.1) is 5.92 Å². The van der Waals surface area contributed by atoms with Crippen LogP contribution >= 0.6 is 11.8 Å². The zero-order chi connectivity index (χ0) is 14.5. The van der Waals surface area contributed by atoms with Gasteiger partial charge in [0.2, 0.25) is 5.91 Å². The number of carbonyl (C=O) groups is 1. The van der Waals surface area contributed by atoms with Gasteiger partial charge in [0.15, 0.2) is 0 Å². The Bertz CT molecular complexity index is 520. The molecule has 0 aromatic heterocycles. The number of nitrogens with one attached hydrogen (secondary N) is 1. The number of carbonyl (C=O) groups excluding carboxylic acids is 1. The molecule has 1 atom stereocenters. The van der Waals surface area contributed by atoms with Crippen molar-refractivity contribution in [3.8, 4) is 0 Å². The van der Waals surface area contributed by atoms with Crippen molar-refractivity contribution >= 4 is 23.4 Å². The summed E-state index contributed by atoms with van der Waals surface area (Å²) >= 11 is 1.94. The third-order valence-corrected chi connectivity index (χ3v) is 5.80. The number of anilines is 1. The van der Waals surface area contributed by atoms with Crippen molar-refractivity contribution in [1.82, 2.24) is 0 Å². The van der Waals surface area contributed by atoms with Crippen LogP contribution in [-0.4, -0.2) is 11.2 Å². The van der Waals surface area contributed by atoms with Crippen LogP contribution in [0.5, 0.6) is 0 Å². The Morgan fingerprint density at radius 2 is 1.90 bits per heavy atom. The molecule has 1 fully saturated rings. The summed E-state index contributed by atoms with van der Waals surface area (Å²) in [7, 11) is 0. The van der Waals surface area contributed by atoms with Gasteiger partial charge >= 0.3 is 0 Å². The second-order valence-electron chi connectivity index (χ2n) is 5.99. The number of amides is 1. The molecular weight excluding hydrogens is 278 g/mol. The average molecular weight is 301 g/mol. The fourth-order valence-corrected chi connectivity index (χ4v) is 4.46. The van der Waals surface area contributed by atoms with E-state index in [-0.39, 0.29) is 11.8 Å². The van der Waals surface area contributed by atoms with Crippen LogP contribution in [0.15, 0.2) is 41.3 Å². The van der Waals surface area contributed by atoms with Crippen LogP contribution in [0.3, 0.4) is 0 Å². The van der Waals surface area contributed by atoms with E-state index < -0.39 is 0 Å². The molecular formula is C18H23NOS. The maximum Gasteiger partial charge on any atom is 0.227 e. The Balaban J connectivity index is 1.66. The number of hydrogen-bond acceptors (Lipinski definition) is 2. The van der Waals surface area contributed by atoms with Crippen molar-refractivity contribution < 1.29 is 4.79 Å². The van der Waals surface area contributed by atoms with Crippen molar-refractivity contribution in [2.24, 2.45) is 5.92 Å². The molecule has 112 valence electrons. The zero-order valence-electron chi connectivity index (χ0n) is 12.4. The molecule has 0 heterocycles. The molecule has 1 amide bonds. The van der Waals surface area contributed by atoms with E-state index in [4.69, 9.17) is 0 Å². The van der Waals surface area contributed by atoms with Gasteiger partial charge in [-0.15, -0.1) is 11.8 Å². The lowest BCUT2D eigenvalue weighted by atomic mass is 9.93. The van der Waals surface area contributed by atoms with E-state index in [9.17, 15) is 4.79 Å². The Morgan fingerprint density at radius 1 is 1.10 bits per heavy atom. The normalized spacial score (nSPS) is 22.4. The van der Waals surface area contributed by atoms with Crippen LogP contribution in [-0.2, 0) is 4.79 Å². The summed E-state index contributed by atoms with van der Waals surface area (Å²) in [4.78, 5) is 13.6. The van der Waals surface area contributed by atoms with Crippen molar-refractivity contribution in [2.45, 2.75) is 55.1 Å². The Morgan fingerprint density at radius 3 is 2.67 bits per heavy atom. The summed E-state index contributed by atoms with van der Waals surface area (Å²) in [5.74, 6) is 0.318. The van der Waals surface area contributed by atoms with Crippen LogP contribution in [0.2, 0.25) is 0 Å². The molecule has 1 saturated carbocycles. The summed E-state index contributed by atoms with van der Waals surface area (Å²) < 4.78 is 0. The van der Waals surface area contributed by atoms with Gasteiger partial charge in [-0.05, 0) is 44.2 Å². The average Bonchev–Trinajstić information content (AvgIpc) is 3.03. The predicted octanol–water partition coefficient (Wildman–Crippen LogP) is 5.02. The highest BCUT2D eigenvalue weighted by Crippen LogP contribution is 2.38. The lowest BCUT2D eigenvalue weighted by Gasteiger charge is -2.19.